The number of anilines is 1. The van der Waals surface area contributed by atoms with Crippen LogP contribution in [0.3, 0.4) is 0 Å². The van der Waals surface area contributed by atoms with Gasteiger partial charge in [-0.25, -0.2) is 0 Å². The maximum atomic E-state index is 5.48. The Morgan fingerprint density at radius 3 is 2.88 bits per heavy atom. The van der Waals surface area contributed by atoms with Crippen LogP contribution in [0.2, 0.25) is 0 Å². The van der Waals surface area contributed by atoms with Crippen molar-refractivity contribution >= 4 is 5.69 Å². The molecule has 1 aromatic rings. The van der Waals surface area contributed by atoms with Gasteiger partial charge in [0.05, 0.1) is 0 Å². The van der Waals surface area contributed by atoms with Gasteiger partial charge in [-0.15, -0.1) is 0 Å². The minimum Gasteiger partial charge on any atom is -0.385 e. The lowest BCUT2D eigenvalue weighted by molar-refractivity contribution is 0.131. The summed E-state index contributed by atoms with van der Waals surface area (Å²) in [6.07, 6.45) is 5.24. The average molecular weight is 222 g/mol. The molecule has 0 unspecified atom stereocenters. The normalized spacial score (nSPS) is 10.4. The largest absolute Gasteiger partial charge is 0.385 e. The molecule has 1 N–H and O–H groups in total. The van der Waals surface area contributed by atoms with E-state index in [0.717, 1.165) is 44.0 Å². The predicted octanol–water partition coefficient (Wildman–Crippen LogP) is 3.01. The van der Waals surface area contributed by atoms with Crippen LogP contribution >= 0.6 is 0 Å². The number of pyridine rings is 1. The highest BCUT2D eigenvalue weighted by atomic mass is 16.5. The molecule has 0 saturated carbocycles. The van der Waals surface area contributed by atoms with Gasteiger partial charge in [0.1, 0.15) is 0 Å². The molecule has 0 atom stereocenters. The smallest absolute Gasteiger partial charge is 0.0482 e. The van der Waals surface area contributed by atoms with Crippen molar-refractivity contribution in [2.45, 2.75) is 33.1 Å². The molecular weight excluding hydrogens is 200 g/mol. The van der Waals surface area contributed by atoms with Gasteiger partial charge in [0.15, 0.2) is 0 Å². The molecule has 0 bridgehead atoms. The summed E-state index contributed by atoms with van der Waals surface area (Å²) in [6, 6.07) is 4.04. The topological polar surface area (TPSA) is 34.1 Å². The average Bonchev–Trinajstić information content (AvgIpc) is 2.28. The molecule has 0 saturated heterocycles. The van der Waals surface area contributed by atoms with Crippen molar-refractivity contribution in [3.8, 4) is 0 Å². The number of rotatable bonds is 8. The van der Waals surface area contributed by atoms with Crippen molar-refractivity contribution in [1.82, 2.24) is 4.98 Å². The monoisotopic (exact) mass is 222 g/mol. The van der Waals surface area contributed by atoms with Crippen molar-refractivity contribution in [2.75, 3.05) is 25.1 Å². The first-order valence-corrected chi connectivity index (χ1v) is 6.07. The summed E-state index contributed by atoms with van der Waals surface area (Å²) in [5, 5.41) is 3.36. The molecule has 3 heteroatoms. The van der Waals surface area contributed by atoms with Crippen LogP contribution in [0.15, 0.2) is 18.3 Å². The lowest BCUT2D eigenvalue weighted by Gasteiger charge is -2.07. The van der Waals surface area contributed by atoms with Gasteiger partial charge in [-0.2, -0.15) is 0 Å². The van der Waals surface area contributed by atoms with Gasteiger partial charge < -0.3 is 10.1 Å². The van der Waals surface area contributed by atoms with Gasteiger partial charge in [-0.1, -0.05) is 13.3 Å². The van der Waals surface area contributed by atoms with Crippen LogP contribution in [0.1, 0.15) is 31.9 Å². The Labute approximate surface area is 98.2 Å². The highest BCUT2D eigenvalue weighted by molar-refractivity contribution is 5.42. The van der Waals surface area contributed by atoms with Crippen LogP contribution in [-0.4, -0.2) is 24.7 Å². The summed E-state index contributed by atoms with van der Waals surface area (Å²) >= 11 is 0. The van der Waals surface area contributed by atoms with Gasteiger partial charge in [-0.3, -0.25) is 4.98 Å². The molecule has 1 aromatic heterocycles. The Balaban J connectivity index is 2.03. The van der Waals surface area contributed by atoms with E-state index >= 15 is 0 Å². The number of aromatic nitrogens is 1. The molecule has 0 spiro atoms. The van der Waals surface area contributed by atoms with Crippen molar-refractivity contribution in [3.05, 3.63) is 24.0 Å². The van der Waals surface area contributed by atoms with Crippen molar-refractivity contribution in [3.63, 3.8) is 0 Å². The summed E-state index contributed by atoms with van der Waals surface area (Å²) in [5.74, 6) is 0. The number of unbranched alkanes of at least 4 members (excludes halogenated alkanes) is 1. The summed E-state index contributed by atoms with van der Waals surface area (Å²) in [6.45, 7) is 6.87. The molecule has 0 aliphatic heterocycles. The Hall–Kier alpha value is -1.09. The molecule has 1 rings (SSSR count). The third-order valence-corrected chi connectivity index (χ3v) is 2.33. The molecule has 0 fully saturated rings. The first kappa shape index (κ1) is 13.0. The lowest BCUT2D eigenvalue weighted by Crippen LogP contribution is -2.06. The van der Waals surface area contributed by atoms with Crippen LogP contribution in [0.4, 0.5) is 5.69 Å². The number of hydrogen-bond acceptors (Lipinski definition) is 3. The lowest BCUT2D eigenvalue weighted by atomic mass is 10.3. The molecule has 3 nitrogen and oxygen atoms in total. The summed E-state index contributed by atoms with van der Waals surface area (Å²) in [7, 11) is 0. The third-order valence-electron chi connectivity index (χ3n) is 2.33. The van der Waals surface area contributed by atoms with E-state index in [1.807, 2.05) is 19.2 Å². The van der Waals surface area contributed by atoms with E-state index in [9.17, 15) is 0 Å². The maximum Gasteiger partial charge on any atom is 0.0482 e. The minimum absolute atomic E-state index is 0.844. The molecule has 0 aromatic carbocycles. The number of nitrogens with one attached hydrogen (secondary N) is 1. The predicted molar refractivity (Wildman–Crippen MR) is 67.8 cm³/mol. The van der Waals surface area contributed by atoms with Gasteiger partial charge >= 0.3 is 0 Å². The molecule has 1 heterocycles. The first-order chi connectivity index (χ1) is 7.83. The van der Waals surface area contributed by atoms with Crippen LogP contribution in [0.5, 0.6) is 0 Å². The second-order valence-electron chi connectivity index (χ2n) is 3.93. The number of hydrogen-bond donors (Lipinski definition) is 1. The van der Waals surface area contributed by atoms with E-state index in [1.54, 1.807) is 0 Å². The third kappa shape index (κ3) is 5.71. The fourth-order valence-electron chi connectivity index (χ4n) is 1.41. The number of ether oxygens (including phenoxy) is 1. The Morgan fingerprint density at radius 2 is 2.12 bits per heavy atom. The quantitative estimate of drug-likeness (QED) is 0.686. The molecule has 0 amide bonds. The Kier molecular flexibility index (Phi) is 6.58. The fraction of sp³-hybridized carbons (Fsp3) is 0.615. The molecule has 0 aliphatic rings. The second-order valence-corrected chi connectivity index (χ2v) is 3.93. The van der Waals surface area contributed by atoms with E-state index in [-0.39, 0.29) is 0 Å². The van der Waals surface area contributed by atoms with Crippen LogP contribution in [0, 0.1) is 6.92 Å². The number of nitrogens with zero attached hydrogens (tertiary/aromatic N) is 1. The maximum absolute atomic E-state index is 5.48. The van der Waals surface area contributed by atoms with Crippen LogP contribution < -0.4 is 5.32 Å². The van der Waals surface area contributed by atoms with Gasteiger partial charge in [0.25, 0.3) is 0 Å². The van der Waals surface area contributed by atoms with Crippen LogP contribution in [0.25, 0.3) is 0 Å². The molecule has 16 heavy (non-hydrogen) atoms. The molecule has 0 aliphatic carbocycles. The Morgan fingerprint density at radius 1 is 1.31 bits per heavy atom. The van der Waals surface area contributed by atoms with E-state index < -0.39 is 0 Å². The van der Waals surface area contributed by atoms with E-state index in [0.29, 0.717) is 0 Å². The van der Waals surface area contributed by atoms with Crippen molar-refractivity contribution in [1.29, 1.82) is 0 Å². The zero-order chi connectivity index (χ0) is 11.6. The molecular formula is C13H22N2O. The Bertz CT molecular complexity index is 289. The fourth-order valence-corrected chi connectivity index (χ4v) is 1.41. The highest BCUT2D eigenvalue weighted by Gasteiger charge is 1.93. The van der Waals surface area contributed by atoms with Crippen LogP contribution in [-0.2, 0) is 4.74 Å². The van der Waals surface area contributed by atoms with Crippen molar-refractivity contribution in [2.24, 2.45) is 0 Å². The van der Waals surface area contributed by atoms with Gasteiger partial charge in [-0.05, 0) is 31.9 Å². The second kappa shape index (κ2) is 8.11. The zero-order valence-electron chi connectivity index (χ0n) is 10.3. The van der Waals surface area contributed by atoms with E-state index in [2.05, 4.69) is 23.3 Å². The molecule has 0 radical (unpaired) electrons. The summed E-state index contributed by atoms with van der Waals surface area (Å²) in [4.78, 5) is 4.15. The van der Waals surface area contributed by atoms with Gasteiger partial charge in [0, 0.05) is 37.3 Å². The van der Waals surface area contributed by atoms with E-state index in [4.69, 9.17) is 4.74 Å². The SMILES string of the molecule is CCCCOCCCNc1ccnc(C)c1. The highest BCUT2D eigenvalue weighted by Crippen LogP contribution is 2.06. The van der Waals surface area contributed by atoms with E-state index in [1.165, 1.54) is 6.42 Å². The zero-order valence-corrected chi connectivity index (χ0v) is 10.3. The number of aryl methyl sites for hydroxylation is 1. The van der Waals surface area contributed by atoms with Crippen molar-refractivity contribution < 1.29 is 4.74 Å². The minimum atomic E-state index is 0.844. The standard InChI is InChI=1S/C13H22N2O/c1-3-4-9-16-10-5-7-15-13-6-8-14-12(2)11-13/h6,8,11H,3-5,7,9-10H2,1-2H3,(H,14,15). The summed E-state index contributed by atoms with van der Waals surface area (Å²) < 4.78 is 5.48. The summed E-state index contributed by atoms with van der Waals surface area (Å²) in [5.41, 5.74) is 2.19. The van der Waals surface area contributed by atoms with Gasteiger partial charge in [0.2, 0.25) is 0 Å². The molecule has 90 valence electrons. The first-order valence-electron chi connectivity index (χ1n) is 6.07.